The van der Waals surface area contributed by atoms with Gasteiger partial charge < -0.3 is 19.7 Å². The molecular formula is C13H24N4O2. The zero-order valence-corrected chi connectivity index (χ0v) is 12.0. The summed E-state index contributed by atoms with van der Waals surface area (Å²) in [5.74, 6) is 1.04. The monoisotopic (exact) mass is 268 g/mol. The van der Waals surface area contributed by atoms with Crippen molar-refractivity contribution in [3.63, 3.8) is 0 Å². The maximum absolute atomic E-state index is 9.12. The van der Waals surface area contributed by atoms with Gasteiger partial charge in [0.1, 0.15) is 0 Å². The fourth-order valence-corrected chi connectivity index (χ4v) is 2.09. The molecule has 2 heterocycles. The van der Waals surface area contributed by atoms with Crippen molar-refractivity contribution in [2.45, 2.75) is 45.7 Å². The van der Waals surface area contributed by atoms with Gasteiger partial charge in [-0.1, -0.05) is 5.10 Å². The Labute approximate surface area is 114 Å². The number of aliphatic hydroxyl groups excluding tert-OH is 1. The van der Waals surface area contributed by atoms with Crippen LogP contribution in [0.1, 0.15) is 39.5 Å². The molecule has 0 aromatic carbocycles. The number of aromatic nitrogens is 2. The molecule has 1 saturated heterocycles. The van der Waals surface area contributed by atoms with Crippen LogP contribution in [0.3, 0.4) is 0 Å². The minimum atomic E-state index is 0.0358. The van der Waals surface area contributed by atoms with Crippen LogP contribution in [0.4, 0.5) is 6.01 Å². The fraction of sp³-hybridized carbons (Fsp3) is 0.846. The molecule has 6 heteroatoms. The van der Waals surface area contributed by atoms with Gasteiger partial charge in [-0.15, -0.1) is 5.10 Å². The zero-order chi connectivity index (χ0) is 13.9. The van der Waals surface area contributed by atoms with E-state index in [1.54, 1.807) is 0 Å². The fourth-order valence-electron chi connectivity index (χ4n) is 2.09. The van der Waals surface area contributed by atoms with Crippen molar-refractivity contribution in [2.24, 2.45) is 5.92 Å². The molecule has 0 radical (unpaired) electrons. The summed E-state index contributed by atoms with van der Waals surface area (Å²) in [6.07, 6.45) is 1.96. The molecule has 1 aromatic heterocycles. The normalized spacial score (nSPS) is 18.0. The highest BCUT2D eigenvalue weighted by molar-refractivity contribution is 5.24. The van der Waals surface area contributed by atoms with Gasteiger partial charge in [0.15, 0.2) is 0 Å². The second-order valence-corrected chi connectivity index (χ2v) is 6.19. The summed E-state index contributed by atoms with van der Waals surface area (Å²) in [6.45, 7) is 8.92. The van der Waals surface area contributed by atoms with Crippen molar-refractivity contribution in [2.75, 3.05) is 24.6 Å². The van der Waals surface area contributed by atoms with E-state index in [0.717, 1.165) is 25.9 Å². The maximum atomic E-state index is 9.12. The molecule has 0 amide bonds. The summed E-state index contributed by atoms with van der Waals surface area (Å²) in [6, 6.07) is 0.599. The number of piperidine rings is 1. The van der Waals surface area contributed by atoms with Crippen molar-refractivity contribution in [1.82, 2.24) is 15.5 Å². The van der Waals surface area contributed by atoms with Gasteiger partial charge in [-0.05, 0) is 39.5 Å². The zero-order valence-electron chi connectivity index (χ0n) is 12.0. The number of nitrogens with zero attached hydrogens (tertiary/aromatic N) is 3. The number of anilines is 1. The van der Waals surface area contributed by atoms with E-state index in [1.807, 2.05) is 0 Å². The molecule has 2 rings (SSSR count). The lowest BCUT2D eigenvalue weighted by atomic mass is 9.98. The number of hydrogen-bond acceptors (Lipinski definition) is 6. The van der Waals surface area contributed by atoms with E-state index < -0.39 is 0 Å². The first kappa shape index (κ1) is 14.3. The maximum Gasteiger partial charge on any atom is 0.318 e. The van der Waals surface area contributed by atoms with E-state index in [1.165, 1.54) is 0 Å². The van der Waals surface area contributed by atoms with Gasteiger partial charge in [0, 0.05) is 25.2 Å². The highest BCUT2D eigenvalue weighted by atomic mass is 16.4. The molecule has 0 aliphatic carbocycles. The Bertz CT molecular complexity index is 392. The SMILES string of the molecule is CC(C)(C)NCc1nnc(N2CCC(CO)CC2)o1. The topological polar surface area (TPSA) is 74.4 Å². The summed E-state index contributed by atoms with van der Waals surface area (Å²) in [7, 11) is 0. The average molecular weight is 268 g/mol. The minimum Gasteiger partial charge on any atom is -0.407 e. The Morgan fingerprint density at radius 1 is 1.32 bits per heavy atom. The van der Waals surface area contributed by atoms with Crippen LogP contribution in [0, 0.1) is 5.92 Å². The molecule has 0 bridgehead atoms. The predicted molar refractivity (Wildman–Crippen MR) is 72.9 cm³/mol. The number of nitrogens with one attached hydrogen (secondary N) is 1. The molecule has 6 nitrogen and oxygen atoms in total. The van der Waals surface area contributed by atoms with Crippen LogP contribution in [0.2, 0.25) is 0 Å². The lowest BCUT2D eigenvalue weighted by molar-refractivity contribution is 0.201. The molecule has 108 valence electrons. The van der Waals surface area contributed by atoms with Gasteiger partial charge in [0.2, 0.25) is 5.89 Å². The molecule has 1 aliphatic rings. The molecular weight excluding hydrogens is 244 g/mol. The van der Waals surface area contributed by atoms with Gasteiger partial charge >= 0.3 is 6.01 Å². The minimum absolute atomic E-state index is 0.0358. The van der Waals surface area contributed by atoms with Crippen molar-refractivity contribution >= 4 is 6.01 Å². The lowest BCUT2D eigenvalue weighted by Crippen LogP contribution is -2.35. The quantitative estimate of drug-likeness (QED) is 0.854. The molecule has 1 aliphatic heterocycles. The number of rotatable bonds is 4. The van der Waals surface area contributed by atoms with Crippen molar-refractivity contribution < 1.29 is 9.52 Å². The molecule has 1 fully saturated rings. The van der Waals surface area contributed by atoms with Gasteiger partial charge in [0.05, 0.1) is 6.54 Å². The third kappa shape index (κ3) is 4.18. The van der Waals surface area contributed by atoms with Crippen LogP contribution in [0.25, 0.3) is 0 Å². The first-order chi connectivity index (χ1) is 8.98. The van der Waals surface area contributed by atoms with Gasteiger partial charge in [-0.25, -0.2) is 0 Å². The molecule has 0 atom stereocenters. The van der Waals surface area contributed by atoms with Crippen LogP contribution in [-0.4, -0.2) is 40.5 Å². The summed E-state index contributed by atoms with van der Waals surface area (Å²) < 4.78 is 5.67. The number of hydrogen-bond donors (Lipinski definition) is 2. The van der Waals surface area contributed by atoms with E-state index in [0.29, 0.717) is 24.4 Å². The predicted octanol–water partition coefficient (Wildman–Crippen LogP) is 1.17. The first-order valence-corrected chi connectivity index (χ1v) is 6.91. The summed E-state index contributed by atoms with van der Waals surface area (Å²) in [5.41, 5.74) is 0.0358. The van der Waals surface area contributed by atoms with E-state index in [2.05, 4.69) is 41.2 Å². The third-order valence-electron chi connectivity index (χ3n) is 3.37. The van der Waals surface area contributed by atoms with Crippen molar-refractivity contribution in [1.29, 1.82) is 0 Å². The summed E-state index contributed by atoms with van der Waals surface area (Å²) >= 11 is 0. The van der Waals surface area contributed by atoms with E-state index in [4.69, 9.17) is 9.52 Å². The van der Waals surface area contributed by atoms with Crippen LogP contribution < -0.4 is 10.2 Å². The van der Waals surface area contributed by atoms with Gasteiger partial charge in [0.25, 0.3) is 0 Å². The second-order valence-electron chi connectivity index (χ2n) is 6.19. The van der Waals surface area contributed by atoms with E-state index in [9.17, 15) is 0 Å². The van der Waals surface area contributed by atoms with Crippen LogP contribution >= 0.6 is 0 Å². The molecule has 0 spiro atoms. The highest BCUT2D eigenvalue weighted by Gasteiger charge is 2.22. The van der Waals surface area contributed by atoms with Crippen LogP contribution in [0.5, 0.6) is 0 Å². The Hall–Kier alpha value is -1.14. The Kier molecular flexibility index (Phi) is 4.42. The van der Waals surface area contributed by atoms with Crippen molar-refractivity contribution in [3.05, 3.63) is 5.89 Å². The molecule has 0 unspecified atom stereocenters. The van der Waals surface area contributed by atoms with Gasteiger partial charge in [-0.2, -0.15) is 0 Å². The third-order valence-corrected chi connectivity index (χ3v) is 3.37. The van der Waals surface area contributed by atoms with Crippen LogP contribution in [0.15, 0.2) is 4.42 Å². The largest absolute Gasteiger partial charge is 0.407 e. The van der Waals surface area contributed by atoms with E-state index >= 15 is 0 Å². The molecule has 0 saturated carbocycles. The highest BCUT2D eigenvalue weighted by Crippen LogP contribution is 2.21. The van der Waals surface area contributed by atoms with Crippen molar-refractivity contribution in [3.8, 4) is 0 Å². The molecule has 1 aromatic rings. The molecule has 2 N–H and O–H groups in total. The number of aliphatic hydroxyl groups is 1. The summed E-state index contributed by atoms with van der Waals surface area (Å²) in [5, 5.41) is 20.6. The first-order valence-electron chi connectivity index (χ1n) is 6.91. The standard InChI is InChI=1S/C13H24N4O2/c1-13(2,3)14-8-11-15-16-12(19-11)17-6-4-10(9-18)5-7-17/h10,14,18H,4-9H2,1-3H3. The lowest BCUT2D eigenvalue weighted by Gasteiger charge is -2.29. The second kappa shape index (κ2) is 5.88. The average Bonchev–Trinajstić information content (AvgIpc) is 2.84. The summed E-state index contributed by atoms with van der Waals surface area (Å²) in [4.78, 5) is 2.10. The Balaban J connectivity index is 1.87. The smallest absolute Gasteiger partial charge is 0.318 e. The van der Waals surface area contributed by atoms with E-state index in [-0.39, 0.29) is 12.1 Å². The Morgan fingerprint density at radius 2 is 2.00 bits per heavy atom. The Morgan fingerprint density at radius 3 is 2.58 bits per heavy atom. The molecule has 19 heavy (non-hydrogen) atoms. The van der Waals surface area contributed by atoms with Crippen LogP contribution in [-0.2, 0) is 6.54 Å². The van der Waals surface area contributed by atoms with Gasteiger partial charge in [-0.3, -0.25) is 0 Å².